The van der Waals surface area contributed by atoms with Crippen molar-refractivity contribution in [1.82, 2.24) is 9.55 Å². The summed E-state index contributed by atoms with van der Waals surface area (Å²) >= 11 is 0. The predicted molar refractivity (Wildman–Crippen MR) is 127 cm³/mol. The first kappa shape index (κ1) is 25.5. The average molecular weight is 507 g/mol. The van der Waals surface area contributed by atoms with Gasteiger partial charge in [0.15, 0.2) is 18.9 Å². The Hall–Kier alpha value is -4.54. The van der Waals surface area contributed by atoms with Crippen molar-refractivity contribution in [3.8, 4) is 0 Å². The summed E-state index contributed by atoms with van der Waals surface area (Å²) < 4.78 is 33.8. The maximum atomic E-state index is 16.6. The summed E-state index contributed by atoms with van der Waals surface area (Å²) in [6, 6.07) is 17.0. The molecule has 1 aliphatic heterocycles. The van der Waals surface area contributed by atoms with Crippen LogP contribution in [0.1, 0.15) is 39.6 Å². The number of aromatic nitrogens is 2. The zero-order valence-electron chi connectivity index (χ0n) is 19.9. The van der Waals surface area contributed by atoms with E-state index in [1.165, 1.54) is 43.5 Å². The van der Waals surface area contributed by atoms with Gasteiger partial charge in [-0.25, -0.2) is 18.8 Å². The number of azide groups is 1. The average Bonchev–Trinajstić information content (AvgIpc) is 3.10. The molecular formula is C25H22FN5O6. The van der Waals surface area contributed by atoms with Gasteiger partial charge in [-0.15, -0.1) is 0 Å². The molecule has 2 aromatic carbocycles. The van der Waals surface area contributed by atoms with Crippen LogP contribution in [-0.4, -0.2) is 45.6 Å². The summed E-state index contributed by atoms with van der Waals surface area (Å²) in [5, 5.41) is 3.70. The number of rotatable bonds is 7. The summed E-state index contributed by atoms with van der Waals surface area (Å²) in [6.07, 6.45) is -2.23. The minimum atomic E-state index is -3.01. The van der Waals surface area contributed by atoms with Crippen LogP contribution in [0, 0.1) is 6.92 Å². The van der Waals surface area contributed by atoms with Crippen LogP contribution < -0.4 is 5.69 Å². The fourth-order valence-corrected chi connectivity index (χ4v) is 4.03. The van der Waals surface area contributed by atoms with Gasteiger partial charge in [-0.05, 0) is 49.7 Å². The molecule has 4 rings (SSSR count). The number of nitrogens with zero attached hydrogens (tertiary/aromatic N) is 5. The number of hydrogen-bond acceptors (Lipinski definition) is 8. The molecule has 190 valence electrons. The second-order valence-corrected chi connectivity index (χ2v) is 8.52. The molecule has 0 unspecified atom stereocenters. The van der Waals surface area contributed by atoms with Crippen molar-refractivity contribution in [2.45, 2.75) is 37.6 Å². The molecular weight excluding hydrogens is 485 g/mol. The van der Waals surface area contributed by atoms with Crippen LogP contribution in [-0.2, 0) is 14.2 Å². The van der Waals surface area contributed by atoms with Crippen LogP contribution in [0.25, 0.3) is 10.4 Å². The molecule has 0 spiro atoms. The molecule has 4 atom stereocenters. The minimum absolute atomic E-state index is 0.0898. The van der Waals surface area contributed by atoms with E-state index >= 15 is 4.39 Å². The Labute approximate surface area is 210 Å². The number of esters is 2. The lowest BCUT2D eigenvalue weighted by Gasteiger charge is -2.31. The van der Waals surface area contributed by atoms with E-state index in [4.69, 9.17) is 14.2 Å². The van der Waals surface area contributed by atoms with Crippen LogP contribution in [0.3, 0.4) is 0 Å². The lowest BCUT2D eigenvalue weighted by atomic mass is 9.91. The standard InChI is InChI=1S/C25H22FN5O6/c1-16-13-14-31(23(34)28-16)22-24(2,29-30-27)21(36-20(33)18-11-7-4-8-12-18)25(26,37-22)15-35-19(32)17-9-5-3-6-10-17/h3-14,21-22H,15H2,1-2H3/t21-,22+,24+,25+/m0/s1. The molecule has 1 saturated heterocycles. The number of halogens is 1. The quantitative estimate of drug-likeness (QED) is 0.204. The minimum Gasteiger partial charge on any atom is -0.456 e. The van der Waals surface area contributed by atoms with Gasteiger partial charge in [0.2, 0.25) is 0 Å². The normalized spacial score (nSPS) is 24.6. The summed E-state index contributed by atoms with van der Waals surface area (Å²) in [5.41, 5.74) is 7.15. The van der Waals surface area contributed by atoms with E-state index in [1.54, 1.807) is 43.3 Å². The summed E-state index contributed by atoms with van der Waals surface area (Å²) in [6.45, 7) is 1.82. The number of aryl methyl sites for hydroxylation is 1. The van der Waals surface area contributed by atoms with Gasteiger partial charge in [0.25, 0.3) is 5.85 Å². The van der Waals surface area contributed by atoms with E-state index in [0.29, 0.717) is 5.69 Å². The van der Waals surface area contributed by atoms with E-state index in [-0.39, 0.29) is 11.1 Å². The molecule has 0 bridgehead atoms. The van der Waals surface area contributed by atoms with E-state index in [0.717, 1.165) is 4.57 Å². The van der Waals surface area contributed by atoms with Crippen LogP contribution >= 0.6 is 0 Å². The molecule has 0 amide bonds. The first-order chi connectivity index (χ1) is 17.7. The molecule has 12 heteroatoms. The van der Waals surface area contributed by atoms with Gasteiger partial charge in [0, 0.05) is 16.8 Å². The highest BCUT2D eigenvalue weighted by Gasteiger charge is 2.67. The number of alkyl halides is 1. The van der Waals surface area contributed by atoms with Crippen molar-refractivity contribution < 1.29 is 28.2 Å². The molecule has 1 aromatic heterocycles. The third-order valence-electron chi connectivity index (χ3n) is 5.86. The molecule has 3 aromatic rings. The molecule has 1 aliphatic rings. The molecule has 0 radical (unpaired) electrons. The number of carbonyl (C=O) groups is 2. The van der Waals surface area contributed by atoms with Crippen molar-refractivity contribution in [2.75, 3.05) is 6.61 Å². The van der Waals surface area contributed by atoms with Gasteiger partial charge in [-0.2, -0.15) is 4.98 Å². The maximum absolute atomic E-state index is 16.6. The number of ether oxygens (including phenoxy) is 3. The Morgan fingerprint density at radius 1 is 1.11 bits per heavy atom. The van der Waals surface area contributed by atoms with Crippen LogP contribution in [0.15, 0.2) is 82.8 Å². The van der Waals surface area contributed by atoms with E-state index < -0.39 is 48.0 Å². The number of benzene rings is 2. The lowest BCUT2D eigenvalue weighted by molar-refractivity contribution is -0.208. The topological polar surface area (TPSA) is 145 Å². The molecule has 1 fully saturated rings. The second-order valence-electron chi connectivity index (χ2n) is 8.52. The summed E-state index contributed by atoms with van der Waals surface area (Å²) in [4.78, 5) is 44.7. The molecule has 11 nitrogen and oxygen atoms in total. The third kappa shape index (κ3) is 5.06. The van der Waals surface area contributed by atoms with Crippen molar-refractivity contribution in [3.05, 3.63) is 111 Å². The van der Waals surface area contributed by atoms with Gasteiger partial charge >= 0.3 is 17.6 Å². The monoisotopic (exact) mass is 507 g/mol. The lowest BCUT2D eigenvalue weighted by Crippen LogP contribution is -2.51. The smallest absolute Gasteiger partial charge is 0.349 e. The van der Waals surface area contributed by atoms with Crippen molar-refractivity contribution >= 4 is 11.9 Å². The van der Waals surface area contributed by atoms with E-state index in [2.05, 4.69) is 15.0 Å². The molecule has 0 aliphatic carbocycles. The van der Waals surface area contributed by atoms with Crippen LogP contribution in [0.4, 0.5) is 4.39 Å². The van der Waals surface area contributed by atoms with Gasteiger partial charge in [-0.3, -0.25) is 4.57 Å². The van der Waals surface area contributed by atoms with Crippen molar-refractivity contribution in [2.24, 2.45) is 5.11 Å². The Morgan fingerprint density at radius 2 is 1.70 bits per heavy atom. The molecule has 2 heterocycles. The largest absolute Gasteiger partial charge is 0.456 e. The zero-order valence-corrected chi connectivity index (χ0v) is 19.9. The van der Waals surface area contributed by atoms with Crippen molar-refractivity contribution in [1.29, 1.82) is 0 Å². The van der Waals surface area contributed by atoms with Gasteiger partial charge in [0.1, 0.15) is 5.54 Å². The van der Waals surface area contributed by atoms with E-state index in [9.17, 15) is 19.9 Å². The van der Waals surface area contributed by atoms with E-state index in [1.807, 2.05) is 0 Å². The van der Waals surface area contributed by atoms with Gasteiger partial charge in [0.05, 0.1) is 11.1 Å². The van der Waals surface area contributed by atoms with Crippen LogP contribution in [0.2, 0.25) is 0 Å². The predicted octanol–water partition coefficient (Wildman–Crippen LogP) is 3.90. The Bertz CT molecular complexity index is 1410. The maximum Gasteiger partial charge on any atom is 0.349 e. The van der Waals surface area contributed by atoms with Gasteiger partial charge < -0.3 is 14.2 Å². The molecule has 37 heavy (non-hydrogen) atoms. The molecule has 0 saturated carbocycles. The fraction of sp³-hybridized carbons (Fsp3) is 0.280. The zero-order chi connectivity index (χ0) is 26.6. The number of hydrogen-bond donors (Lipinski definition) is 0. The Morgan fingerprint density at radius 3 is 2.27 bits per heavy atom. The third-order valence-corrected chi connectivity index (χ3v) is 5.86. The Kier molecular flexibility index (Phi) is 7.05. The second kappa shape index (κ2) is 10.2. The fourth-order valence-electron chi connectivity index (χ4n) is 4.03. The highest BCUT2D eigenvalue weighted by molar-refractivity contribution is 5.90. The summed E-state index contributed by atoms with van der Waals surface area (Å²) in [5.74, 6) is -4.82. The van der Waals surface area contributed by atoms with Gasteiger partial charge in [-0.1, -0.05) is 41.5 Å². The van der Waals surface area contributed by atoms with Crippen LogP contribution in [0.5, 0.6) is 0 Å². The first-order valence-electron chi connectivity index (χ1n) is 11.1. The SMILES string of the molecule is Cc1ccn([C@@H]2O[C@](F)(COC(=O)c3ccccc3)[C@@H](OC(=O)c3ccccc3)[C@@]2(C)N=[N+]=[N-])c(=O)n1. The van der Waals surface area contributed by atoms with Crippen molar-refractivity contribution in [3.63, 3.8) is 0 Å². The first-order valence-corrected chi connectivity index (χ1v) is 11.1. The summed E-state index contributed by atoms with van der Waals surface area (Å²) in [7, 11) is 0. The highest BCUT2D eigenvalue weighted by Crippen LogP contribution is 2.49. The number of carbonyl (C=O) groups excluding carboxylic acids is 2. The molecule has 0 N–H and O–H groups in total. The Balaban J connectivity index is 1.75. The highest BCUT2D eigenvalue weighted by atomic mass is 19.2.